The van der Waals surface area contributed by atoms with E-state index in [4.69, 9.17) is 0 Å². The standard InChI is InChI=1S/C16H32N4O4S/c1-5-19(6-2)16(22)20-12-8-14(9-13-20)15(21)17-10-7-11-18(3)25(4,23)24/h14H,5-13H2,1-4H3,(H,17,21). The zero-order valence-corrected chi connectivity index (χ0v) is 16.6. The third-order valence-corrected chi connectivity index (χ3v) is 6.00. The normalized spacial score (nSPS) is 16.1. The van der Waals surface area contributed by atoms with Gasteiger partial charge >= 0.3 is 6.03 Å². The molecule has 0 aromatic heterocycles. The van der Waals surface area contributed by atoms with Gasteiger partial charge in [-0.15, -0.1) is 0 Å². The quantitative estimate of drug-likeness (QED) is 0.627. The fourth-order valence-corrected chi connectivity index (χ4v) is 3.31. The van der Waals surface area contributed by atoms with E-state index in [9.17, 15) is 18.0 Å². The zero-order chi connectivity index (χ0) is 19.0. The van der Waals surface area contributed by atoms with Crippen LogP contribution in [0.5, 0.6) is 0 Å². The minimum Gasteiger partial charge on any atom is -0.356 e. The number of urea groups is 1. The van der Waals surface area contributed by atoms with Crippen molar-refractivity contribution >= 4 is 22.0 Å². The van der Waals surface area contributed by atoms with Gasteiger partial charge in [-0.05, 0) is 33.1 Å². The van der Waals surface area contributed by atoms with Crippen LogP contribution in [0.25, 0.3) is 0 Å². The molecule has 8 nitrogen and oxygen atoms in total. The van der Waals surface area contributed by atoms with Gasteiger partial charge in [0.1, 0.15) is 0 Å². The van der Waals surface area contributed by atoms with Gasteiger partial charge in [0, 0.05) is 52.2 Å². The molecule has 0 atom stereocenters. The Morgan fingerprint density at radius 3 is 2.20 bits per heavy atom. The maximum absolute atomic E-state index is 12.3. The summed E-state index contributed by atoms with van der Waals surface area (Å²) in [6, 6.07) is 0.0488. The summed E-state index contributed by atoms with van der Waals surface area (Å²) >= 11 is 0. The highest BCUT2D eigenvalue weighted by Crippen LogP contribution is 2.18. The fourth-order valence-electron chi connectivity index (χ4n) is 2.85. The van der Waals surface area contributed by atoms with Crippen LogP contribution in [0.2, 0.25) is 0 Å². The Kier molecular flexibility index (Phi) is 8.64. The van der Waals surface area contributed by atoms with Crippen molar-refractivity contribution in [3.63, 3.8) is 0 Å². The van der Waals surface area contributed by atoms with Crippen LogP contribution in [0, 0.1) is 5.92 Å². The number of piperidine rings is 1. The lowest BCUT2D eigenvalue weighted by atomic mass is 9.96. The molecular weight excluding hydrogens is 344 g/mol. The summed E-state index contributed by atoms with van der Waals surface area (Å²) in [6.45, 7) is 7.35. The predicted molar refractivity (Wildman–Crippen MR) is 97.7 cm³/mol. The second-order valence-corrected chi connectivity index (χ2v) is 8.53. The van der Waals surface area contributed by atoms with Crippen molar-refractivity contribution in [2.75, 3.05) is 52.6 Å². The van der Waals surface area contributed by atoms with Crippen molar-refractivity contribution in [1.82, 2.24) is 19.4 Å². The number of sulfonamides is 1. The molecule has 0 aromatic carbocycles. The summed E-state index contributed by atoms with van der Waals surface area (Å²) in [4.78, 5) is 28.1. The third kappa shape index (κ3) is 6.81. The Morgan fingerprint density at radius 2 is 1.72 bits per heavy atom. The Balaban J connectivity index is 2.30. The molecule has 1 N–H and O–H groups in total. The van der Waals surface area contributed by atoms with Gasteiger partial charge in [-0.25, -0.2) is 17.5 Å². The van der Waals surface area contributed by atoms with Gasteiger partial charge < -0.3 is 15.1 Å². The van der Waals surface area contributed by atoms with Crippen LogP contribution in [0.15, 0.2) is 0 Å². The SMILES string of the molecule is CCN(CC)C(=O)N1CCC(C(=O)NCCCN(C)S(C)(=O)=O)CC1. The first kappa shape index (κ1) is 21.7. The van der Waals surface area contributed by atoms with E-state index in [-0.39, 0.29) is 17.9 Å². The molecule has 25 heavy (non-hydrogen) atoms. The monoisotopic (exact) mass is 376 g/mol. The molecule has 1 aliphatic rings. The lowest BCUT2D eigenvalue weighted by molar-refractivity contribution is -0.126. The van der Waals surface area contributed by atoms with Crippen molar-refractivity contribution in [2.45, 2.75) is 33.1 Å². The van der Waals surface area contributed by atoms with Gasteiger partial charge in [-0.2, -0.15) is 0 Å². The van der Waals surface area contributed by atoms with Crippen molar-refractivity contribution in [3.05, 3.63) is 0 Å². The van der Waals surface area contributed by atoms with Crippen LogP contribution < -0.4 is 5.32 Å². The van der Waals surface area contributed by atoms with Crippen molar-refractivity contribution < 1.29 is 18.0 Å². The highest BCUT2D eigenvalue weighted by Gasteiger charge is 2.28. The van der Waals surface area contributed by atoms with Crippen LogP contribution in [0.1, 0.15) is 33.1 Å². The third-order valence-electron chi connectivity index (χ3n) is 4.69. The van der Waals surface area contributed by atoms with Crippen molar-refractivity contribution in [3.8, 4) is 0 Å². The Bertz CT molecular complexity index is 540. The van der Waals surface area contributed by atoms with Crippen LogP contribution in [0.4, 0.5) is 4.79 Å². The zero-order valence-electron chi connectivity index (χ0n) is 15.8. The maximum Gasteiger partial charge on any atom is 0.319 e. The van der Waals surface area contributed by atoms with Crippen LogP contribution in [-0.4, -0.2) is 87.0 Å². The molecule has 1 aliphatic heterocycles. The van der Waals surface area contributed by atoms with Crippen molar-refractivity contribution in [1.29, 1.82) is 0 Å². The van der Waals surface area contributed by atoms with Gasteiger partial charge in [0.05, 0.1) is 6.26 Å². The number of likely N-dealkylation sites (tertiary alicyclic amines) is 1. The largest absolute Gasteiger partial charge is 0.356 e. The van der Waals surface area contributed by atoms with E-state index in [0.717, 1.165) is 0 Å². The van der Waals surface area contributed by atoms with E-state index in [2.05, 4.69) is 5.32 Å². The molecule has 0 aromatic rings. The molecule has 1 rings (SSSR count). The molecule has 1 saturated heterocycles. The molecule has 0 aliphatic carbocycles. The Morgan fingerprint density at radius 1 is 1.16 bits per heavy atom. The summed E-state index contributed by atoms with van der Waals surface area (Å²) in [5, 5.41) is 2.87. The highest BCUT2D eigenvalue weighted by molar-refractivity contribution is 7.88. The minimum absolute atomic E-state index is 0.00283. The molecule has 1 fully saturated rings. The smallest absolute Gasteiger partial charge is 0.319 e. The minimum atomic E-state index is -3.17. The van der Waals surface area contributed by atoms with Gasteiger partial charge in [0.2, 0.25) is 15.9 Å². The second kappa shape index (κ2) is 9.96. The molecule has 9 heteroatoms. The molecule has 0 unspecified atom stereocenters. The van der Waals surface area contributed by atoms with Crippen LogP contribution in [-0.2, 0) is 14.8 Å². The Hall–Kier alpha value is -1.35. The number of hydrogen-bond donors (Lipinski definition) is 1. The van der Waals surface area contributed by atoms with E-state index in [0.29, 0.717) is 58.5 Å². The van der Waals surface area contributed by atoms with Gasteiger partial charge in [0.25, 0.3) is 0 Å². The fraction of sp³-hybridized carbons (Fsp3) is 0.875. The number of amides is 3. The number of carbonyl (C=O) groups excluding carboxylic acids is 2. The number of nitrogens with zero attached hydrogens (tertiary/aromatic N) is 3. The lowest BCUT2D eigenvalue weighted by Gasteiger charge is -2.34. The topological polar surface area (TPSA) is 90.0 Å². The number of nitrogens with one attached hydrogen (secondary N) is 1. The molecular formula is C16H32N4O4S. The predicted octanol–water partition coefficient (Wildman–Crippen LogP) is 0.558. The first-order chi connectivity index (χ1) is 11.7. The van der Waals surface area contributed by atoms with Gasteiger partial charge in [-0.1, -0.05) is 0 Å². The molecule has 0 spiro atoms. The van der Waals surface area contributed by atoms with E-state index >= 15 is 0 Å². The average Bonchev–Trinajstić information content (AvgIpc) is 2.58. The molecule has 0 bridgehead atoms. The molecule has 1 heterocycles. The number of rotatable bonds is 8. The van der Waals surface area contributed by atoms with Crippen LogP contribution >= 0.6 is 0 Å². The first-order valence-corrected chi connectivity index (χ1v) is 10.8. The van der Waals surface area contributed by atoms with Crippen molar-refractivity contribution in [2.24, 2.45) is 5.92 Å². The molecule has 146 valence electrons. The number of hydrogen-bond acceptors (Lipinski definition) is 4. The summed E-state index contributed by atoms with van der Waals surface area (Å²) in [5.41, 5.74) is 0. The van der Waals surface area contributed by atoms with E-state index < -0.39 is 10.0 Å². The summed E-state index contributed by atoms with van der Waals surface area (Å²) in [7, 11) is -1.64. The molecule has 0 radical (unpaired) electrons. The molecule has 0 saturated carbocycles. The van der Waals surface area contributed by atoms with Gasteiger partial charge in [-0.3, -0.25) is 4.79 Å². The number of carbonyl (C=O) groups is 2. The Labute approximate surface area is 151 Å². The molecule has 3 amide bonds. The van der Waals surface area contributed by atoms with E-state index in [1.807, 2.05) is 18.7 Å². The summed E-state index contributed by atoms with van der Waals surface area (Å²) < 4.78 is 23.8. The van der Waals surface area contributed by atoms with Crippen LogP contribution in [0.3, 0.4) is 0 Å². The van der Waals surface area contributed by atoms with E-state index in [1.165, 1.54) is 17.6 Å². The first-order valence-electron chi connectivity index (χ1n) is 8.93. The lowest BCUT2D eigenvalue weighted by Crippen LogP contribution is -2.48. The van der Waals surface area contributed by atoms with Gasteiger partial charge in [0.15, 0.2) is 0 Å². The average molecular weight is 377 g/mol. The second-order valence-electron chi connectivity index (χ2n) is 6.45. The summed E-state index contributed by atoms with van der Waals surface area (Å²) in [5.74, 6) is -0.0784. The maximum atomic E-state index is 12.3. The highest BCUT2D eigenvalue weighted by atomic mass is 32.2. The van der Waals surface area contributed by atoms with E-state index in [1.54, 1.807) is 4.90 Å². The summed E-state index contributed by atoms with van der Waals surface area (Å²) in [6.07, 6.45) is 3.08.